The Morgan fingerprint density at radius 3 is 2.84 bits per heavy atom. The number of benzene rings is 1. The molecule has 3 rings (SSSR count). The second-order valence-corrected chi connectivity index (χ2v) is 6.07. The molecule has 2 aromatic heterocycles. The molecular formula is C17H16BrN5O2. The zero-order chi connectivity index (χ0) is 17.8. The molecule has 0 spiro atoms. The molecule has 3 aromatic rings. The summed E-state index contributed by atoms with van der Waals surface area (Å²) < 4.78 is 6.16. The SMILES string of the molecule is CCNC(=O)Nc1ccc2ncc(-c3cc(Br)cc(OC)c3)nc2n1. The normalized spacial score (nSPS) is 10.5. The van der Waals surface area contributed by atoms with E-state index in [4.69, 9.17) is 4.74 Å². The molecule has 0 unspecified atom stereocenters. The van der Waals surface area contributed by atoms with Crippen molar-refractivity contribution in [2.24, 2.45) is 0 Å². The number of halogens is 1. The van der Waals surface area contributed by atoms with Gasteiger partial charge in [0.2, 0.25) is 0 Å². The third-order valence-corrected chi connectivity index (χ3v) is 3.85. The fourth-order valence-electron chi connectivity index (χ4n) is 2.26. The lowest BCUT2D eigenvalue weighted by Gasteiger charge is -2.08. The van der Waals surface area contributed by atoms with Crippen molar-refractivity contribution in [2.75, 3.05) is 19.0 Å². The highest BCUT2D eigenvalue weighted by Crippen LogP contribution is 2.28. The third-order valence-electron chi connectivity index (χ3n) is 3.39. The quantitative estimate of drug-likeness (QED) is 0.696. The minimum Gasteiger partial charge on any atom is -0.497 e. The van der Waals surface area contributed by atoms with Crippen LogP contribution in [0.3, 0.4) is 0 Å². The molecule has 2 N–H and O–H groups in total. The summed E-state index contributed by atoms with van der Waals surface area (Å²) >= 11 is 3.46. The second kappa shape index (κ2) is 7.43. The highest BCUT2D eigenvalue weighted by atomic mass is 79.9. The molecule has 0 aliphatic heterocycles. The number of aromatic nitrogens is 3. The molecule has 0 saturated carbocycles. The van der Waals surface area contributed by atoms with Crippen LogP contribution >= 0.6 is 15.9 Å². The molecule has 2 heterocycles. The number of ether oxygens (including phenoxy) is 1. The van der Waals surface area contributed by atoms with Crippen molar-refractivity contribution in [3.63, 3.8) is 0 Å². The van der Waals surface area contributed by atoms with Gasteiger partial charge in [-0.1, -0.05) is 15.9 Å². The summed E-state index contributed by atoms with van der Waals surface area (Å²) in [4.78, 5) is 24.9. The predicted molar refractivity (Wildman–Crippen MR) is 99.7 cm³/mol. The van der Waals surface area contributed by atoms with Crippen molar-refractivity contribution in [1.29, 1.82) is 0 Å². The molecular weight excluding hydrogens is 386 g/mol. The molecule has 0 atom stereocenters. The number of urea groups is 1. The van der Waals surface area contributed by atoms with Gasteiger partial charge in [0.1, 0.15) is 17.1 Å². The maximum absolute atomic E-state index is 11.6. The largest absolute Gasteiger partial charge is 0.497 e. The molecule has 0 aliphatic carbocycles. The maximum atomic E-state index is 11.6. The Kier molecular flexibility index (Phi) is 5.08. The number of carbonyl (C=O) groups excluding carboxylic acids is 1. The van der Waals surface area contributed by atoms with Crippen LogP contribution in [0.15, 0.2) is 41.0 Å². The van der Waals surface area contributed by atoms with Gasteiger partial charge in [0.25, 0.3) is 0 Å². The fraction of sp³-hybridized carbons (Fsp3) is 0.176. The van der Waals surface area contributed by atoms with E-state index >= 15 is 0 Å². The first-order valence-corrected chi connectivity index (χ1v) is 8.42. The van der Waals surface area contributed by atoms with E-state index in [9.17, 15) is 4.79 Å². The van der Waals surface area contributed by atoms with Gasteiger partial charge in [-0.05, 0) is 37.3 Å². The highest BCUT2D eigenvalue weighted by Gasteiger charge is 2.08. The number of fused-ring (bicyclic) bond motifs is 1. The van der Waals surface area contributed by atoms with E-state index < -0.39 is 0 Å². The molecule has 0 saturated heterocycles. The molecule has 0 bridgehead atoms. The zero-order valence-electron chi connectivity index (χ0n) is 13.7. The van der Waals surface area contributed by atoms with Crippen LogP contribution in [-0.2, 0) is 0 Å². The van der Waals surface area contributed by atoms with Gasteiger partial charge in [-0.2, -0.15) is 0 Å². The monoisotopic (exact) mass is 401 g/mol. The van der Waals surface area contributed by atoms with Crippen LogP contribution in [-0.4, -0.2) is 34.6 Å². The number of carbonyl (C=O) groups is 1. The van der Waals surface area contributed by atoms with Gasteiger partial charge in [0, 0.05) is 16.6 Å². The van der Waals surface area contributed by atoms with E-state index in [1.807, 2.05) is 25.1 Å². The van der Waals surface area contributed by atoms with Gasteiger partial charge in [0.05, 0.1) is 19.0 Å². The Bertz CT molecular complexity index is 932. The Hall–Kier alpha value is -2.74. The van der Waals surface area contributed by atoms with Crippen LogP contribution in [0.25, 0.3) is 22.4 Å². The molecule has 25 heavy (non-hydrogen) atoms. The van der Waals surface area contributed by atoms with Crippen LogP contribution in [0.4, 0.5) is 10.6 Å². The molecule has 7 nitrogen and oxygen atoms in total. The molecule has 0 radical (unpaired) electrons. The van der Waals surface area contributed by atoms with Crippen LogP contribution in [0.2, 0.25) is 0 Å². The summed E-state index contributed by atoms with van der Waals surface area (Å²) in [6.07, 6.45) is 1.68. The molecule has 8 heteroatoms. The summed E-state index contributed by atoms with van der Waals surface area (Å²) in [5.41, 5.74) is 2.61. The van der Waals surface area contributed by atoms with Gasteiger partial charge in [0.15, 0.2) is 5.65 Å². The van der Waals surface area contributed by atoms with Crippen molar-refractivity contribution in [3.8, 4) is 17.0 Å². The molecule has 0 fully saturated rings. The second-order valence-electron chi connectivity index (χ2n) is 5.16. The van der Waals surface area contributed by atoms with Crippen molar-refractivity contribution in [3.05, 3.63) is 41.0 Å². The Morgan fingerprint density at radius 1 is 1.24 bits per heavy atom. The third kappa shape index (κ3) is 4.03. The van der Waals surface area contributed by atoms with E-state index in [1.54, 1.807) is 25.4 Å². The average molecular weight is 402 g/mol. The number of anilines is 1. The Morgan fingerprint density at radius 2 is 2.08 bits per heavy atom. The zero-order valence-corrected chi connectivity index (χ0v) is 15.3. The molecule has 128 valence electrons. The van der Waals surface area contributed by atoms with Crippen molar-refractivity contribution < 1.29 is 9.53 Å². The number of hydrogen-bond donors (Lipinski definition) is 2. The topological polar surface area (TPSA) is 89.0 Å². The summed E-state index contributed by atoms with van der Waals surface area (Å²) in [6, 6.07) is 8.81. The van der Waals surface area contributed by atoms with Crippen LogP contribution in [0.1, 0.15) is 6.92 Å². The lowest BCUT2D eigenvalue weighted by Crippen LogP contribution is -2.28. The van der Waals surface area contributed by atoms with Crippen LogP contribution < -0.4 is 15.4 Å². The summed E-state index contributed by atoms with van der Waals surface area (Å²) in [5, 5.41) is 5.32. The predicted octanol–water partition coefficient (Wildman–Crippen LogP) is 3.60. The lowest BCUT2D eigenvalue weighted by atomic mass is 10.1. The van der Waals surface area contributed by atoms with Gasteiger partial charge in [-0.15, -0.1) is 0 Å². The van der Waals surface area contributed by atoms with E-state index in [2.05, 4.69) is 41.5 Å². The number of amides is 2. The first kappa shape index (κ1) is 17.1. The van der Waals surface area contributed by atoms with E-state index in [0.717, 1.165) is 10.0 Å². The Balaban J connectivity index is 1.98. The minimum absolute atomic E-state index is 0.310. The number of hydrogen-bond acceptors (Lipinski definition) is 5. The standard InChI is InChI=1S/C17H16BrN5O2/c1-3-19-17(24)23-15-5-4-13-16(22-15)21-14(9-20-13)10-6-11(18)8-12(7-10)25-2/h4-9H,3H2,1-2H3,(H2,19,21,22,23,24). The molecule has 0 aliphatic rings. The number of nitrogens with zero attached hydrogens (tertiary/aromatic N) is 3. The smallest absolute Gasteiger partial charge is 0.320 e. The van der Waals surface area contributed by atoms with E-state index in [1.165, 1.54) is 0 Å². The Labute approximate surface area is 153 Å². The number of rotatable bonds is 4. The summed E-state index contributed by atoms with van der Waals surface area (Å²) in [7, 11) is 1.61. The van der Waals surface area contributed by atoms with Crippen LogP contribution in [0.5, 0.6) is 5.75 Å². The van der Waals surface area contributed by atoms with E-state index in [-0.39, 0.29) is 6.03 Å². The van der Waals surface area contributed by atoms with Crippen molar-refractivity contribution >= 4 is 38.9 Å². The summed E-state index contributed by atoms with van der Waals surface area (Å²) in [5.74, 6) is 1.13. The fourth-order valence-corrected chi connectivity index (χ4v) is 2.73. The van der Waals surface area contributed by atoms with Crippen LogP contribution in [0, 0.1) is 0 Å². The highest BCUT2D eigenvalue weighted by molar-refractivity contribution is 9.10. The molecule has 1 aromatic carbocycles. The van der Waals surface area contributed by atoms with Gasteiger partial charge in [-0.25, -0.2) is 14.8 Å². The van der Waals surface area contributed by atoms with Crippen molar-refractivity contribution in [1.82, 2.24) is 20.3 Å². The minimum atomic E-state index is -0.310. The van der Waals surface area contributed by atoms with Gasteiger partial charge in [-0.3, -0.25) is 10.3 Å². The first-order valence-electron chi connectivity index (χ1n) is 7.62. The maximum Gasteiger partial charge on any atom is 0.320 e. The number of pyridine rings is 1. The first-order chi connectivity index (χ1) is 12.1. The average Bonchev–Trinajstić information content (AvgIpc) is 2.60. The number of methoxy groups -OCH3 is 1. The van der Waals surface area contributed by atoms with Gasteiger partial charge < -0.3 is 10.1 Å². The van der Waals surface area contributed by atoms with Crippen molar-refractivity contribution in [2.45, 2.75) is 6.92 Å². The molecule has 2 amide bonds. The number of nitrogens with one attached hydrogen (secondary N) is 2. The van der Waals surface area contributed by atoms with E-state index in [0.29, 0.717) is 35.0 Å². The summed E-state index contributed by atoms with van der Waals surface area (Å²) in [6.45, 7) is 2.38. The lowest BCUT2D eigenvalue weighted by molar-refractivity contribution is 0.252. The van der Waals surface area contributed by atoms with Gasteiger partial charge >= 0.3 is 6.03 Å².